The molecule has 1 aliphatic rings. The highest BCUT2D eigenvalue weighted by Gasteiger charge is 2.53. The zero-order valence-corrected chi connectivity index (χ0v) is 18.9. The van der Waals surface area contributed by atoms with Crippen LogP contribution in [0, 0.1) is 0 Å². The number of fused-ring (bicyclic) bond motifs is 1. The second-order valence-corrected chi connectivity index (χ2v) is 8.10. The molecular weight excluding hydrogens is 441 g/mol. The second kappa shape index (κ2) is 9.54. The van der Waals surface area contributed by atoms with Crippen molar-refractivity contribution in [3.63, 3.8) is 0 Å². The molecule has 3 rings (SSSR count). The van der Waals surface area contributed by atoms with E-state index in [0.29, 0.717) is 25.4 Å². The van der Waals surface area contributed by atoms with Crippen molar-refractivity contribution in [3.05, 3.63) is 63.1 Å². The number of hydrogen-bond donors (Lipinski definition) is 2. The topological polar surface area (TPSA) is 96.1 Å². The molecule has 0 saturated heterocycles. The summed E-state index contributed by atoms with van der Waals surface area (Å²) in [7, 11) is 1.63. The molecule has 31 heavy (non-hydrogen) atoms. The molecule has 1 atom stereocenters. The van der Waals surface area contributed by atoms with Gasteiger partial charge in [-0.2, -0.15) is 0 Å². The average molecular weight is 466 g/mol. The molecule has 1 aliphatic heterocycles. The van der Waals surface area contributed by atoms with E-state index in [2.05, 4.69) is 4.90 Å². The number of carbonyl (C=O) groups excluding carboxylic acids is 2. The van der Waals surface area contributed by atoms with Crippen LogP contribution in [-0.4, -0.2) is 61.7 Å². The maximum Gasteiger partial charge on any atom is 0.268 e. The minimum absolute atomic E-state index is 0.0660. The van der Waals surface area contributed by atoms with E-state index in [1.165, 1.54) is 17.0 Å². The fourth-order valence-electron chi connectivity index (χ4n) is 3.83. The lowest BCUT2D eigenvalue weighted by atomic mass is 9.87. The van der Waals surface area contributed by atoms with Gasteiger partial charge in [0.15, 0.2) is 5.60 Å². The number of anilines is 1. The van der Waals surface area contributed by atoms with Crippen molar-refractivity contribution in [2.75, 3.05) is 44.8 Å². The van der Waals surface area contributed by atoms with E-state index in [1.807, 2.05) is 6.92 Å². The third kappa shape index (κ3) is 4.29. The first kappa shape index (κ1) is 23.5. The predicted octanol–water partition coefficient (Wildman–Crippen LogP) is 2.64. The Morgan fingerprint density at radius 3 is 2.55 bits per heavy atom. The van der Waals surface area contributed by atoms with Crippen LogP contribution in [0.3, 0.4) is 0 Å². The molecule has 0 radical (unpaired) electrons. The number of aliphatic hydroxyl groups is 1. The van der Waals surface area contributed by atoms with E-state index in [-0.39, 0.29) is 33.3 Å². The summed E-state index contributed by atoms with van der Waals surface area (Å²) in [5.74, 6) is -1.26. The van der Waals surface area contributed by atoms with Crippen molar-refractivity contribution in [1.29, 1.82) is 0 Å². The minimum Gasteiger partial charge on any atom is -0.383 e. The molecule has 0 spiro atoms. The Balaban J connectivity index is 2.09. The van der Waals surface area contributed by atoms with E-state index >= 15 is 0 Å². The van der Waals surface area contributed by atoms with Crippen LogP contribution in [-0.2, 0) is 15.1 Å². The Bertz CT molecular complexity index is 1000. The minimum atomic E-state index is -2.08. The van der Waals surface area contributed by atoms with Gasteiger partial charge < -0.3 is 20.5 Å². The number of hydrogen-bond acceptors (Lipinski definition) is 5. The largest absolute Gasteiger partial charge is 0.383 e. The third-order valence-electron chi connectivity index (χ3n) is 5.52. The summed E-state index contributed by atoms with van der Waals surface area (Å²) in [6.07, 6.45) is 0. The summed E-state index contributed by atoms with van der Waals surface area (Å²) in [6, 6.07) is 9.42. The van der Waals surface area contributed by atoms with Crippen LogP contribution >= 0.6 is 23.2 Å². The number of primary amides is 1. The molecule has 2 amide bonds. The van der Waals surface area contributed by atoms with E-state index in [1.54, 1.807) is 31.4 Å². The molecule has 2 aromatic carbocycles. The first-order chi connectivity index (χ1) is 14.7. The highest BCUT2D eigenvalue weighted by Crippen LogP contribution is 2.49. The summed E-state index contributed by atoms with van der Waals surface area (Å²) >= 11 is 12.8. The Labute approximate surface area is 191 Å². The Hall–Kier alpha value is -2.16. The first-order valence-electron chi connectivity index (χ1n) is 9.90. The average Bonchev–Trinajstić information content (AvgIpc) is 2.96. The number of nitrogens with two attached hydrogens (primary N) is 1. The number of amides is 2. The lowest BCUT2D eigenvalue weighted by Crippen LogP contribution is -2.44. The van der Waals surface area contributed by atoms with Gasteiger partial charge in [0.25, 0.3) is 5.91 Å². The molecule has 166 valence electrons. The molecule has 1 heterocycles. The molecule has 1 unspecified atom stereocenters. The van der Waals surface area contributed by atoms with Gasteiger partial charge in [-0.3, -0.25) is 14.5 Å². The lowest BCUT2D eigenvalue weighted by Gasteiger charge is -2.27. The smallest absolute Gasteiger partial charge is 0.268 e. The SMILES string of the molecule is CCN(CCOC)CCN1C(=O)C(O)(c2ccccc2Cl)c2c(Cl)cc(C(N)=O)cc21. The maximum atomic E-state index is 13.6. The van der Waals surface area contributed by atoms with Crippen LogP contribution in [0.4, 0.5) is 5.69 Å². The van der Waals surface area contributed by atoms with Crippen molar-refractivity contribution in [1.82, 2.24) is 4.90 Å². The van der Waals surface area contributed by atoms with Gasteiger partial charge in [0, 0.05) is 48.5 Å². The lowest BCUT2D eigenvalue weighted by molar-refractivity contribution is -0.132. The molecule has 9 heteroatoms. The maximum absolute atomic E-state index is 13.6. The summed E-state index contributed by atoms with van der Waals surface area (Å²) in [4.78, 5) is 28.9. The summed E-state index contributed by atoms with van der Waals surface area (Å²) < 4.78 is 5.14. The zero-order chi connectivity index (χ0) is 22.8. The molecule has 0 fully saturated rings. The number of nitrogens with zero attached hydrogens (tertiary/aromatic N) is 2. The molecule has 0 aromatic heterocycles. The van der Waals surface area contributed by atoms with Gasteiger partial charge in [-0.15, -0.1) is 0 Å². The van der Waals surface area contributed by atoms with Gasteiger partial charge in [-0.05, 0) is 24.7 Å². The Morgan fingerprint density at radius 1 is 1.23 bits per heavy atom. The van der Waals surface area contributed by atoms with E-state index in [4.69, 9.17) is 33.7 Å². The van der Waals surface area contributed by atoms with Crippen molar-refractivity contribution in [2.24, 2.45) is 5.73 Å². The Kier molecular flexibility index (Phi) is 7.24. The predicted molar refractivity (Wildman–Crippen MR) is 121 cm³/mol. The van der Waals surface area contributed by atoms with Crippen LogP contribution in [0.5, 0.6) is 0 Å². The summed E-state index contributed by atoms with van der Waals surface area (Å²) in [6.45, 7) is 4.82. The van der Waals surface area contributed by atoms with Crippen LogP contribution in [0.1, 0.15) is 28.4 Å². The van der Waals surface area contributed by atoms with Crippen molar-refractivity contribution >= 4 is 40.7 Å². The van der Waals surface area contributed by atoms with Crippen LogP contribution in [0.2, 0.25) is 10.0 Å². The Morgan fingerprint density at radius 2 is 1.94 bits per heavy atom. The fourth-order valence-corrected chi connectivity index (χ4v) is 4.46. The van der Waals surface area contributed by atoms with Gasteiger partial charge in [0.2, 0.25) is 5.91 Å². The number of ether oxygens (including phenoxy) is 1. The first-order valence-corrected chi connectivity index (χ1v) is 10.7. The molecule has 0 saturated carbocycles. The number of methoxy groups -OCH3 is 1. The molecular formula is C22H25Cl2N3O4. The standard InChI is InChI=1S/C22H25Cl2N3O4/c1-3-26(10-11-31-2)8-9-27-18-13-14(20(25)28)12-17(24)19(18)22(30,21(27)29)15-6-4-5-7-16(15)23/h4-7,12-13,30H,3,8-11H2,1-2H3,(H2,25,28). The quantitative estimate of drug-likeness (QED) is 0.593. The van der Waals surface area contributed by atoms with Gasteiger partial charge in [-0.1, -0.05) is 48.3 Å². The highest BCUT2D eigenvalue weighted by atomic mass is 35.5. The summed E-state index contributed by atoms with van der Waals surface area (Å²) in [5.41, 5.74) is 4.29. The van der Waals surface area contributed by atoms with Crippen LogP contribution < -0.4 is 10.6 Å². The number of carbonyl (C=O) groups is 2. The summed E-state index contributed by atoms with van der Waals surface area (Å²) in [5, 5.41) is 12.0. The number of rotatable bonds is 9. The molecule has 3 N–H and O–H groups in total. The molecule has 0 aliphatic carbocycles. The van der Waals surface area contributed by atoms with Crippen molar-refractivity contribution in [3.8, 4) is 0 Å². The number of benzene rings is 2. The van der Waals surface area contributed by atoms with Gasteiger partial charge in [0.05, 0.1) is 17.3 Å². The van der Waals surface area contributed by atoms with E-state index in [9.17, 15) is 14.7 Å². The van der Waals surface area contributed by atoms with Gasteiger partial charge in [0.1, 0.15) is 0 Å². The van der Waals surface area contributed by atoms with Gasteiger partial charge >= 0.3 is 0 Å². The van der Waals surface area contributed by atoms with Gasteiger partial charge in [-0.25, -0.2) is 0 Å². The fraction of sp³-hybridized carbons (Fsp3) is 0.364. The normalized spacial score (nSPS) is 18.0. The number of likely N-dealkylation sites (N-methyl/N-ethyl adjacent to an activating group) is 1. The molecule has 7 nitrogen and oxygen atoms in total. The van der Waals surface area contributed by atoms with Crippen LogP contribution in [0.25, 0.3) is 0 Å². The van der Waals surface area contributed by atoms with E-state index < -0.39 is 17.4 Å². The van der Waals surface area contributed by atoms with Crippen molar-refractivity contribution in [2.45, 2.75) is 12.5 Å². The third-order valence-corrected chi connectivity index (χ3v) is 6.15. The van der Waals surface area contributed by atoms with Crippen molar-refractivity contribution < 1.29 is 19.4 Å². The van der Waals surface area contributed by atoms with Crippen LogP contribution in [0.15, 0.2) is 36.4 Å². The number of halogens is 2. The molecule has 2 aromatic rings. The molecule has 0 bridgehead atoms. The highest BCUT2D eigenvalue weighted by molar-refractivity contribution is 6.35. The monoisotopic (exact) mass is 465 g/mol. The van der Waals surface area contributed by atoms with E-state index in [0.717, 1.165) is 6.54 Å². The zero-order valence-electron chi connectivity index (χ0n) is 17.4. The second-order valence-electron chi connectivity index (χ2n) is 7.29.